The Balaban J connectivity index is 2.14. The van der Waals surface area contributed by atoms with Crippen molar-refractivity contribution in [2.75, 3.05) is 18.0 Å². The van der Waals surface area contributed by atoms with Gasteiger partial charge in [0.15, 0.2) is 0 Å². The Labute approximate surface area is 83.4 Å². The Morgan fingerprint density at radius 2 is 2.36 bits per heavy atom. The number of piperidine rings is 1. The van der Waals surface area contributed by atoms with Crippen LogP contribution in [0.25, 0.3) is 0 Å². The molecule has 1 saturated heterocycles. The van der Waals surface area contributed by atoms with E-state index in [0.29, 0.717) is 0 Å². The zero-order chi connectivity index (χ0) is 9.97. The Morgan fingerprint density at radius 1 is 1.50 bits per heavy atom. The Kier molecular flexibility index (Phi) is 2.54. The molecule has 1 fully saturated rings. The summed E-state index contributed by atoms with van der Waals surface area (Å²) >= 11 is 0. The summed E-state index contributed by atoms with van der Waals surface area (Å²) < 4.78 is 0. The van der Waals surface area contributed by atoms with E-state index < -0.39 is 0 Å². The van der Waals surface area contributed by atoms with E-state index in [1.807, 2.05) is 0 Å². The lowest BCUT2D eigenvalue weighted by Crippen LogP contribution is -2.42. The van der Waals surface area contributed by atoms with Crippen molar-refractivity contribution in [1.82, 2.24) is 4.98 Å². The summed E-state index contributed by atoms with van der Waals surface area (Å²) in [4.78, 5) is 6.12. The summed E-state index contributed by atoms with van der Waals surface area (Å²) in [5, 5.41) is 9.29. The van der Waals surface area contributed by atoms with Gasteiger partial charge >= 0.3 is 0 Å². The first-order valence-electron chi connectivity index (χ1n) is 4.90. The summed E-state index contributed by atoms with van der Waals surface area (Å²) in [6, 6.07) is 1.97. The second kappa shape index (κ2) is 3.84. The number of pyridine rings is 1. The summed E-state index contributed by atoms with van der Waals surface area (Å²) in [6.45, 7) is 1.85. The van der Waals surface area contributed by atoms with Crippen molar-refractivity contribution in [3.63, 3.8) is 0 Å². The van der Waals surface area contributed by atoms with Crippen LogP contribution in [0.5, 0.6) is 5.75 Å². The third kappa shape index (κ3) is 1.96. The fraction of sp³-hybridized carbons (Fsp3) is 0.500. The molecule has 0 spiro atoms. The van der Waals surface area contributed by atoms with E-state index in [9.17, 15) is 5.11 Å². The first kappa shape index (κ1) is 9.27. The van der Waals surface area contributed by atoms with Gasteiger partial charge in [-0.15, -0.1) is 0 Å². The molecule has 14 heavy (non-hydrogen) atoms. The second-order valence-corrected chi connectivity index (χ2v) is 3.75. The highest BCUT2D eigenvalue weighted by Gasteiger charge is 2.17. The van der Waals surface area contributed by atoms with Crippen LogP contribution in [0.3, 0.4) is 0 Å². The quantitative estimate of drug-likeness (QED) is 0.689. The molecule has 0 saturated carbocycles. The number of aromatic nitrogens is 1. The molecule has 1 unspecified atom stereocenters. The lowest BCUT2D eigenvalue weighted by Gasteiger charge is -2.32. The highest BCUT2D eigenvalue weighted by atomic mass is 16.3. The van der Waals surface area contributed by atoms with Crippen LogP contribution >= 0.6 is 0 Å². The zero-order valence-corrected chi connectivity index (χ0v) is 8.06. The first-order chi connectivity index (χ1) is 6.75. The van der Waals surface area contributed by atoms with E-state index in [1.165, 1.54) is 6.20 Å². The molecule has 76 valence electrons. The van der Waals surface area contributed by atoms with Crippen LogP contribution in [0.4, 0.5) is 5.69 Å². The molecular weight excluding hydrogens is 178 g/mol. The lowest BCUT2D eigenvalue weighted by atomic mass is 10.1. The van der Waals surface area contributed by atoms with Gasteiger partial charge in [-0.25, -0.2) is 0 Å². The van der Waals surface area contributed by atoms with Gasteiger partial charge < -0.3 is 15.7 Å². The smallest absolute Gasteiger partial charge is 0.135 e. The summed E-state index contributed by atoms with van der Waals surface area (Å²) in [5.41, 5.74) is 6.83. The molecule has 0 aromatic carbocycles. The topological polar surface area (TPSA) is 62.4 Å². The van der Waals surface area contributed by atoms with Crippen LogP contribution in [-0.4, -0.2) is 29.2 Å². The molecule has 0 aliphatic carbocycles. The molecule has 0 amide bonds. The standard InChI is InChI=1S/C10H15N3O/c11-8-2-1-3-13(7-8)9-4-10(14)6-12-5-9/h4-6,8,14H,1-3,7,11H2. The van der Waals surface area contributed by atoms with Crippen molar-refractivity contribution in [2.45, 2.75) is 18.9 Å². The van der Waals surface area contributed by atoms with E-state index in [0.717, 1.165) is 31.6 Å². The summed E-state index contributed by atoms with van der Waals surface area (Å²) in [5.74, 6) is 0.210. The lowest BCUT2D eigenvalue weighted by molar-refractivity contribution is 0.470. The van der Waals surface area contributed by atoms with Gasteiger partial charge in [-0.3, -0.25) is 4.98 Å². The minimum atomic E-state index is 0.210. The van der Waals surface area contributed by atoms with Crippen molar-refractivity contribution < 1.29 is 5.11 Å². The van der Waals surface area contributed by atoms with E-state index in [2.05, 4.69) is 9.88 Å². The number of nitrogens with two attached hydrogens (primary N) is 1. The van der Waals surface area contributed by atoms with Crippen LogP contribution in [-0.2, 0) is 0 Å². The zero-order valence-electron chi connectivity index (χ0n) is 8.06. The van der Waals surface area contributed by atoms with Crippen molar-refractivity contribution in [1.29, 1.82) is 0 Å². The van der Waals surface area contributed by atoms with Crippen molar-refractivity contribution in [3.8, 4) is 5.75 Å². The number of hydrogen-bond donors (Lipinski definition) is 2. The number of rotatable bonds is 1. The van der Waals surface area contributed by atoms with Crippen LogP contribution in [0.1, 0.15) is 12.8 Å². The first-order valence-corrected chi connectivity index (χ1v) is 4.90. The number of aromatic hydroxyl groups is 1. The second-order valence-electron chi connectivity index (χ2n) is 3.75. The van der Waals surface area contributed by atoms with E-state index in [4.69, 9.17) is 5.73 Å². The van der Waals surface area contributed by atoms with Crippen molar-refractivity contribution in [3.05, 3.63) is 18.5 Å². The average Bonchev–Trinajstić information content (AvgIpc) is 2.18. The molecule has 4 heteroatoms. The molecular formula is C10H15N3O. The van der Waals surface area contributed by atoms with Gasteiger partial charge in [-0.1, -0.05) is 0 Å². The molecule has 3 N–H and O–H groups in total. The molecule has 1 atom stereocenters. The van der Waals surface area contributed by atoms with Crippen LogP contribution < -0.4 is 10.6 Å². The number of hydrogen-bond acceptors (Lipinski definition) is 4. The number of nitrogens with zero attached hydrogens (tertiary/aromatic N) is 2. The van der Waals surface area contributed by atoms with Crippen LogP contribution in [0, 0.1) is 0 Å². The molecule has 0 bridgehead atoms. The van der Waals surface area contributed by atoms with Gasteiger partial charge in [-0.2, -0.15) is 0 Å². The minimum absolute atomic E-state index is 0.210. The third-order valence-corrected chi connectivity index (χ3v) is 2.53. The molecule has 1 aliphatic heterocycles. The van der Waals surface area contributed by atoms with E-state index in [1.54, 1.807) is 12.3 Å². The maximum Gasteiger partial charge on any atom is 0.135 e. The van der Waals surface area contributed by atoms with E-state index in [-0.39, 0.29) is 11.8 Å². The third-order valence-electron chi connectivity index (χ3n) is 2.53. The molecule has 1 aromatic rings. The van der Waals surface area contributed by atoms with Gasteiger partial charge in [0.25, 0.3) is 0 Å². The van der Waals surface area contributed by atoms with Crippen LogP contribution in [0.15, 0.2) is 18.5 Å². The molecule has 4 nitrogen and oxygen atoms in total. The van der Waals surface area contributed by atoms with Gasteiger partial charge in [-0.05, 0) is 12.8 Å². The molecule has 1 aliphatic rings. The molecule has 2 rings (SSSR count). The van der Waals surface area contributed by atoms with Gasteiger partial charge in [0.2, 0.25) is 0 Å². The van der Waals surface area contributed by atoms with Gasteiger partial charge in [0.05, 0.1) is 18.1 Å². The Bertz CT molecular complexity index is 316. The summed E-state index contributed by atoms with van der Waals surface area (Å²) in [7, 11) is 0. The molecule has 1 aromatic heterocycles. The minimum Gasteiger partial charge on any atom is -0.506 e. The highest BCUT2D eigenvalue weighted by molar-refractivity contribution is 5.48. The fourth-order valence-corrected chi connectivity index (χ4v) is 1.83. The van der Waals surface area contributed by atoms with E-state index >= 15 is 0 Å². The Morgan fingerprint density at radius 3 is 3.07 bits per heavy atom. The summed E-state index contributed by atoms with van der Waals surface area (Å²) in [6.07, 6.45) is 5.39. The van der Waals surface area contributed by atoms with Crippen molar-refractivity contribution >= 4 is 5.69 Å². The Hall–Kier alpha value is -1.29. The maximum absolute atomic E-state index is 9.29. The maximum atomic E-state index is 9.29. The van der Waals surface area contributed by atoms with Gasteiger partial charge in [0.1, 0.15) is 5.75 Å². The monoisotopic (exact) mass is 193 g/mol. The SMILES string of the molecule is NC1CCCN(c2cncc(O)c2)C1. The molecule has 0 radical (unpaired) electrons. The predicted molar refractivity (Wildman–Crippen MR) is 55.3 cm³/mol. The molecule has 2 heterocycles. The largest absolute Gasteiger partial charge is 0.506 e. The average molecular weight is 193 g/mol. The fourth-order valence-electron chi connectivity index (χ4n) is 1.83. The normalized spacial score (nSPS) is 22.4. The van der Waals surface area contributed by atoms with Crippen molar-refractivity contribution in [2.24, 2.45) is 5.73 Å². The number of anilines is 1. The highest BCUT2D eigenvalue weighted by Crippen LogP contribution is 2.21. The van der Waals surface area contributed by atoms with Crippen LogP contribution in [0.2, 0.25) is 0 Å². The van der Waals surface area contributed by atoms with Gasteiger partial charge in [0, 0.05) is 25.2 Å². The predicted octanol–water partition coefficient (Wildman–Crippen LogP) is 0.715.